The lowest BCUT2D eigenvalue weighted by Gasteiger charge is -2.61. The van der Waals surface area contributed by atoms with Crippen LogP contribution in [-0.4, -0.2) is 64.8 Å². The maximum absolute atomic E-state index is 12.5. The van der Waals surface area contributed by atoms with Crippen LogP contribution in [-0.2, 0) is 23.4 Å². The van der Waals surface area contributed by atoms with Crippen molar-refractivity contribution in [2.24, 2.45) is 70.0 Å². The molecule has 0 aromatic heterocycles. The molecule has 0 radical (unpaired) electrons. The van der Waals surface area contributed by atoms with Crippen LogP contribution in [0.2, 0.25) is 0 Å². The van der Waals surface area contributed by atoms with Gasteiger partial charge >= 0.3 is 13.8 Å². The summed E-state index contributed by atoms with van der Waals surface area (Å²) in [4.78, 5) is 41.7. The highest BCUT2D eigenvalue weighted by molar-refractivity contribution is 7.46. The summed E-state index contributed by atoms with van der Waals surface area (Å²) in [6.45, 7) is 10.4. The fourth-order valence-electron chi connectivity index (χ4n) is 16.4. The molecule has 1 aromatic carbocycles. The topological polar surface area (TPSA) is 154 Å². The Morgan fingerprint density at radius 1 is 0.908 bits per heavy atom. The number of ketones is 1. The molecule has 10 nitrogen and oxygen atoms in total. The second-order valence-corrected chi connectivity index (χ2v) is 23.5. The number of ether oxygens (including phenoxy) is 1. The predicted octanol–water partition coefficient (Wildman–Crippen LogP) is 10.9. The third-order valence-electron chi connectivity index (χ3n) is 19.4. The predicted molar refractivity (Wildman–Crippen MR) is 254 cm³/mol. The van der Waals surface area contributed by atoms with Crippen molar-refractivity contribution in [1.29, 1.82) is 0 Å². The molecule has 358 valence electrons. The van der Waals surface area contributed by atoms with Gasteiger partial charge in [0.05, 0.1) is 12.7 Å². The van der Waals surface area contributed by atoms with Crippen molar-refractivity contribution in [3.8, 4) is 11.8 Å². The highest BCUT2D eigenvalue weighted by atomic mass is 31.2. The first kappa shape index (κ1) is 48.7. The van der Waals surface area contributed by atoms with Crippen LogP contribution < -0.4 is 4.90 Å². The van der Waals surface area contributed by atoms with Crippen molar-refractivity contribution in [3.05, 3.63) is 52.6 Å². The SMILES string of the molecule is CC#CC1CCC2C3CCC4=CC(=O)CCC4=C3[C@@H](c3ccc(N(C)CCOC4CCC5(C)C(CCC6C5CCC5(C)C(C(C)CCC(=O)O)CCC65)C4)cc3)CC12.O=P(O)(O)OCO. The zero-order chi connectivity index (χ0) is 46.3. The van der Waals surface area contributed by atoms with E-state index < -0.39 is 20.6 Å². The molecule has 8 aliphatic rings. The summed E-state index contributed by atoms with van der Waals surface area (Å²) in [6.07, 6.45) is 23.0. The van der Waals surface area contributed by atoms with Gasteiger partial charge in [0.1, 0.15) is 0 Å². The highest BCUT2D eigenvalue weighted by Crippen LogP contribution is 2.69. The summed E-state index contributed by atoms with van der Waals surface area (Å²) >= 11 is 0. The minimum absolute atomic E-state index is 0.318. The molecule has 6 saturated carbocycles. The van der Waals surface area contributed by atoms with Gasteiger partial charge in [-0.2, -0.15) is 0 Å². The molecule has 0 spiro atoms. The number of carbonyl (C=O) groups is 2. The lowest BCUT2D eigenvalue weighted by Crippen LogP contribution is -2.54. The molecule has 9 rings (SSSR count). The quantitative estimate of drug-likeness (QED) is 0.0905. The van der Waals surface area contributed by atoms with Crippen LogP contribution in [0.25, 0.3) is 0 Å². The third-order valence-corrected chi connectivity index (χ3v) is 19.8. The maximum atomic E-state index is 12.5. The van der Waals surface area contributed by atoms with E-state index in [1.54, 1.807) is 11.1 Å². The summed E-state index contributed by atoms with van der Waals surface area (Å²) in [6, 6.07) is 9.54. The first-order valence-electron chi connectivity index (χ1n) is 25.4. The highest BCUT2D eigenvalue weighted by Gasteiger charge is 2.61. The van der Waals surface area contributed by atoms with Gasteiger partial charge in [0.15, 0.2) is 12.6 Å². The number of hydrogen-bond acceptors (Lipinski definition) is 7. The summed E-state index contributed by atoms with van der Waals surface area (Å²) in [5.41, 5.74) is 8.14. The molecule has 0 saturated heterocycles. The van der Waals surface area contributed by atoms with E-state index >= 15 is 0 Å². The number of carboxylic acid groups (broad SMARTS) is 1. The van der Waals surface area contributed by atoms with Crippen LogP contribution in [0.15, 0.2) is 47.1 Å². The number of nitrogens with zero attached hydrogens (tertiary/aromatic N) is 1. The monoisotopic (exact) mass is 916 g/mol. The van der Waals surface area contributed by atoms with Gasteiger partial charge in [-0.05, 0) is 209 Å². The Kier molecular flexibility index (Phi) is 15.0. The van der Waals surface area contributed by atoms with E-state index in [9.17, 15) is 19.3 Å². The molecular weight excluding hydrogens is 838 g/mol. The zero-order valence-corrected chi connectivity index (χ0v) is 40.8. The molecule has 65 heavy (non-hydrogen) atoms. The average molecular weight is 916 g/mol. The minimum atomic E-state index is -4.42. The molecule has 0 bridgehead atoms. The summed E-state index contributed by atoms with van der Waals surface area (Å²) in [5, 5.41) is 17.0. The number of anilines is 1. The van der Waals surface area contributed by atoms with E-state index in [0.717, 1.165) is 62.0 Å². The number of aliphatic carboxylic acids is 1. The molecule has 11 heteroatoms. The fourth-order valence-corrected chi connectivity index (χ4v) is 16.5. The second kappa shape index (κ2) is 20.1. The number of phosphoric acid groups is 1. The Morgan fingerprint density at radius 2 is 1.65 bits per heavy atom. The van der Waals surface area contributed by atoms with E-state index in [1.807, 2.05) is 13.0 Å². The number of benzene rings is 1. The van der Waals surface area contributed by atoms with Crippen molar-refractivity contribution in [2.45, 2.75) is 155 Å². The normalized spacial score (nSPS) is 37.6. The van der Waals surface area contributed by atoms with Gasteiger partial charge in [-0.3, -0.25) is 14.1 Å². The second-order valence-electron chi connectivity index (χ2n) is 22.2. The number of aliphatic hydroxyl groups is 1. The smallest absolute Gasteiger partial charge is 0.471 e. The van der Waals surface area contributed by atoms with Crippen molar-refractivity contribution >= 4 is 25.3 Å². The van der Waals surface area contributed by atoms with Gasteiger partial charge in [0, 0.05) is 44.0 Å². The molecule has 1 aromatic rings. The molecule has 8 aliphatic carbocycles. The Balaban J connectivity index is 0.000000763. The number of rotatable bonds is 12. The Morgan fingerprint density at radius 3 is 2.35 bits per heavy atom. The van der Waals surface area contributed by atoms with E-state index in [0.29, 0.717) is 71.1 Å². The molecular formula is C54H78NO9P. The van der Waals surface area contributed by atoms with E-state index in [1.165, 1.54) is 100 Å². The van der Waals surface area contributed by atoms with Crippen LogP contribution in [0, 0.1) is 81.8 Å². The van der Waals surface area contributed by atoms with Gasteiger partial charge in [0.25, 0.3) is 0 Å². The Bertz CT molecular complexity index is 2070. The van der Waals surface area contributed by atoms with Gasteiger partial charge in [-0.15, -0.1) is 5.92 Å². The van der Waals surface area contributed by atoms with Gasteiger partial charge in [-0.1, -0.05) is 44.4 Å². The number of hydrogen-bond donors (Lipinski definition) is 4. The molecule has 0 heterocycles. The van der Waals surface area contributed by atoms with Crippen LogP contribution in [0.3, 0.4) is 0 Å². The van der Waals surface area contributed by atoms with E-state index in [4.69, 9.17) is 19.6 Å². The molecule has 13 unspecified atom stereocenters. The number of carboxylic acids is 1. The first-order valence-corrected chi connectivity index (χ1v) is 26.9. The molecule has 0 amide bonds. The van der Waals surface area contributed by atoms with Gasteiger partial charge < -0.3 is 29.6 Å². The molecule has 4 N–H and O–H groups in total. The van der Waals surface area contributed by atoms with E-state index in [-0.39, 0.29) is 0 Å². The number of phosphoric ester groups is 1. The number of allylic oxidation sites excluding steroid dienone is 4. The Hall–Kier alpha value is -2.77. The summed E-state index contributed by atoms with van der Waals surface area (Å²) in [5.74, 6) is 14.1. The number of carbonyl (C=O) groups excluding carboxylic acids is 1. The lowest BCUT2D eigenvalue weighted by atomic mass is 9.44. The number of fused-ring (bicyclic) bond motifs is 9. The minimum Gasteiger partial charge on any atom is -0.481 e. The number of aliphatic hydroxyl groups excluding tert-OH is 1. The largest absolute Gasteiger partial charge is 0.481 e. The zero-order valence-electron chi connectivity index (χ0n) is 39.9. The fraction of sp³-hybridized carbons (Fsp3) is 0.741. The molecule has 6 fully saturated rings. The summed E-state index contributed by atoms with van der Waals surface area (Å²) < 4.78 is 19.7. The van der Waals surface area contributed by atoms with E-state index in [2.05, 4.69) is 73.3 Å². The molecule has 14 atom stereocenters. The Labute approximate surface area is 389 Å². The van der Waals surface area contributed by atoms with Gasteiger partial charge in [0.2, 0.25) is 0 Å². The number of likely N-dealkylation sites (N-methyl/N-ethyl adjacent to an activating group) is 1. The summed E-state index contributed by atoms with van der Waals surface area (Å²) in [7, 11) is -2.19. The first-order chi connectivity index (χ1) is 31.0. The van der Waals surface area contributed by atoms with Crippen LogP contribution in [0.4, 0.5) is 5.69 Å². The lowest BCUT2D eigenvalue weighted by molar-refractivity contribution is -0.139. The van der Waals surface area contributed by atoms with Crippen molar-refractivity contribution in [2.75, 3.05) is 31.9 Å². The van der Waals surface area contributed by atoms with Crippen LogP contribution in [0.1, 0.15) is 155 Å². The van der Waals surface area contributed by atoms with Crippen LogP contribution in [0.5, 0.6) is 0 Å². The molecule has 0 aliphatic heterocycles. The maximum Gasteiger partial charge on any atom is 0.471 e. The third kappa shape index (κ3) is 10.0. The average Bonchev–Trinajstić information content (AvgIpc) is 3.85. The van der Waals surface area contributed by atoms with Crippen molar-refractivity contribution in [3.63, 3.8) is 0 Å². The van der Waals surface area contributed by atoms with Crippen molar-refractivity contribution in [1.82, 2.24) is 0 Å². The van der Waals surface area contributed by atoms with Gasteiger partial charge in [-0.25, -0.2) is 4.57 Å². The standard InChI is InChI=1S/C53H73NO4.CH5O5P/c1-6-7-34-11-17-42-43-18-12-36-30-39(55)16-20-41(36)51(43)46(32-45(34)42)35-9-14-38(15-10-35)54(5)28-29-58-40-24-26-52(3)37(31-40)13-19-44-48-22-21-47(33(2)8-23-50(56)57)53(48,4)27-25-49(44)52;2-1-6-7(3,4)5/h9-10,14-15,30,33-34,37,40,42-49H,8,11-13,16-29,31-32H2,1-5H3,(H,56,57);2H,1H2,(H2,3,4,5)/t33?,34?,37?,40?,42?,43?,44?,45?,46-,47?,48?,49?,52?,53?;/m1./s1. The van der Waals surface area contributed by atoms with Crippen molar-refractivity contribution < 1.29 is 43.4 Å². The van der Waals surface area contributed by atoms with Crippen LogP contribution >= 0.6 is 7.82 Å².